The van der Waals surface area contributed by atoms with Gasteiger partial charge in [-0.05, 0) is 60.7 Å². The summed E-state index contributed by atoms with van der Waals surface area (Å²) in [5.74, 6) is 0.790. The van der Waals surface area contributed by atoms with Crippen LogP contribution >= 0.6 is 0 Å². The molecule has 4 rings (SSSR count). The quantitative estimate of drug-likeness (QED) is 0.582. The number of nitrogens with two attached hydrogens (primary N) is 1. The van der Waals surface area contributed by atoms with Crippen LogP contribution in [0.3, 0.4) is 0 Å². The summed E-state index contributed by atoms with van der Waals surface area (Å²) in [5, 5.41) is 12.6. The summed E-state index contributed by atoms with van der Waals surface area (Å²) in [6.45, 7) is 4.00. The van der Waals surface area contributed by atoms with Crippen LogP contribution in [0.1, 0.15) is 31.5 Å². The Morgan fingerprint density at radius 2 is 1.86 bits per heavy atom. The third kappa shape index (κ3) is 3.92. The Kier molecular flexibility index (Phi) is 4.92. The van der Waals surface area contributed by atoms with Gasteiger partial charge in [0.1, 0.15) is 11.4 Å². The molecule has 1 amide bonds. The SMILES string of the molecule is CC(C)CC(=O)Nc1nc2c(nc1-c1ccc(O)cc1)-c1ccc(N)cc1CC2. The van der Waals surface area contributed by atoms with E-state index in [0.717, 1.165) is 46.6 Å². The zero-order valence-electron chi connectivity index (χ0n) is 16.6. The van der Waals surface area contributed by atoms with E-state index in [0.29, 0.717) is 17.9 Å². The summed E-state index contributed by atoms with van der Waals surface area (Å²) in [4.78, 5) is 22.1. The van der Waals surface area contributed by atoms with Gasteiger partial charge in [-0.1, -0.05) is 19.9 Å². The standard InChI is InChI=1S/C23H24N4O2/c1-13(2)11-20(29)26-23-21(14-3-7-17(28)8-4-14)27-22-18-9-6-16(24)12-15(18)5-10-19(22)25-23/h3-4,6-9,12-13,28H,5,10-11,24H2,1-2H3,(H,25,26,29). The summed E-state index contributed by atoms with van der Waals surface area (Å²) in [7, 11) is 0. The number of aromatic hydroxyl groups is 1. The summed E-state index contributed by atoms with van der Waals surface area (Å²) in [5.41, 5.74) is 11.9. The molecular weight excluding hydrogens is 364 g/mol. The zero-order chi connectivity index (χ0) is 20.5. The van der Waals surface area contributed by atoms with Gasteiger partial charge in [0.25, 0.3) is 0 Å². The van der Waals surface area contributed by atoms with E-state index in [-0.39, 0.29) is 17.6 Å². The van der Waals surface area contributed by atoms with Crippen LogP contribution in [-0.4, -0.2) is 21.0 Å². The number of hydrogen-bond donors (Lipinski definition) is 3. The lowest BCUT2D eigenvalue weighted by Crippen LogP contribution is -2.18. The molecule has 1 aromatic heterocycles. The number of nitrogen functional groups attached to an aromatic ring is 1. The third-order valence-corrected chi connectivity index (χ3v) is 4.98. The lowest BCUT2D eigenvalue weighted by atomic mass is 9.91. The van der Waals surface area contributed by atoms with Gasteiger partial charge in [0.05, 0.1) is 11.4 Å². The van der Waals surface area contributed by atoms with Crippen LogP contribution in [0.4, 0.5) is 11.5 Å². The van der Waals surface area contributed by atoms with Crippen LogP contribution in [0.15, 0.2) is 42.5 Å². The number of nitrogens with one attached hydrogen (secondary N) is 1. The Bertz CT molecular complexity index is 1070. The molecule has 1 heterocycles. The predicted molar refractivity (Wildman–Crippen MR) is 114 cm³/mol. The molecule has 1 aliphatic rings. The Hall–Kier alpha value is -3.41. The van der Waals surface area contributed by atoms with Gasteiger partial charge in [-0.25, -0.2) is 9.97 Å². The maximum absolute atomic E-state index is 12.4. The molecule has 1 aliphatic carbocycles. The van der Waals surface area contributed by atoms with Crippen LogP contribution in [0.2, 0.25) is 0 Å². The van der Waals surface area contributed by atoms with Gasteiger partial charge in [-0.2, -0.15) is 0 Å². The topological polar surface area (TPSA) is 101 Å². The van der Waals surface area contributed by atoms with Crippen LogP contribution in [0, 0.1) is 5.92 Å². The lowest BCUT2D eigenvalue weighted by Gasteiger charge is -2.21. The normalized spacial score (nSPS) is 12.4. The summed E-state index contributed by atoms with van der Waals surface area (Å²) in [6, 6.07) is 12.6. The van der Waals surface area contributed by atoms with Gasteiger partial charge in [0, 0.05) is 23.2 Å². The van der Waals surface area contributed by atoms with Gasteiger partial charge in [0.2, 0.25) is 5.91 Å². The van der Waals surface area contributed by atoms with Crippen molar-refractivity contribution in [3.63, 3.8) is 0 Å². The lowest BCUT2D eigenvalue weighted by molar-refractivity contribution is -0.116. The first-order valence-corrected chi connectivity index (χ1v) is 9.79. The molecule has 0 saturated carbocycles. The number of phenolic OH excluding ortho intramolecular Hbond substituents is 1. The van der Waals surface area contributed by atoms with Crippen molar-refractivity contribution in [3.8, 4) is 28.3 Å². The predicted octanol–water partition coefficient (Wildman–Crippen LogP) is 4.18. The first kappa shape index (κ1) is 18.9. The molecule has 0 radical (unpaired) electrons. The van der Waals surface area contributed by atoms with Crippen LogP contribution in [0.5, 0.6) is 5.75 Å². The van der Waals surface area contributed by atoms with Crippen molar-refractivity contribution in [2.24, 2.45) is 5.92 Å². The molecule has 0 saturated heterocycles. The fraction of sp³-hybridized carbons (Fsp3) is 0.261. The van der Waals surface area contributed by atoms with E-state index in [1.165, 1.54) is 0 Å². The first-order valence-electron chi connectivity index (χ1n) is 9.79. The molecule has 0 atom stereocenters. The molecule has 0 unspecified atom stereocenters. The van der Waals surface area contributed by atoms with E-state index in [1.54, 1.807) is 24.3 Å². The molecule has 0 aliphatic heterocycles. The molecule has 6 heteroatoms. The number of carbonyl (C=O) groups is 1. The van der Waals surface area contributed by atoms with Crippen molar-refractivity contribution < 1.29 is 9.90 Å². The minimum atomic E-state index is -0.0849. The van der Waals surface area contributed by atoms with Crippen LogP contribution in [-0.2, 0) is 17.6 Å². The number of aromatic nitrogens is 2. The van der Waals surface area contributed by atoms with Gasteiger partial charge < -0.3 is 16.2 Å². The Balaban J connectivity index is 1.84. The average molecular weight is 388 g/mol. The van der Waals surface area contributed by atoms with E-state index >= 15 is 0 Å². The van der Waals surface area contributed by atoms with E-state index < -0.39 is 0 Å². The number of amides is 1. The molecule has 0 fully saturated rings. The largest absolute Gasteiger partial charge is 0.508 e. The fourth-order valence-electron chi connectivity index (χ4n) is 3.63. The van der Waals surface area contributed by atoms with Crippen molar-refractivity contribution in [1.29, 1.82) is 0 Å². The molecule has 29 heavy (non-hydrogen) atoms. The van der Waals surface area contributed by atoms with Crippen molar-refractivity contribution in [3.05, 3.63) is 53.7 Å². The zero-order valence-corrected chi connectivity index (χ0v) is 16.6. The molecule has 6 nitrogen and oxygen atoms in total. The van der Waals surface area contributed by atoms with Crippen molar-refractivity contribution in [2.75, 3.05) is 11.1 Å². The summed E-state index contributed by atoms with van der Waals surface area (Å²) in [6.07, 6.45) is 1.98. The molecule has 0 spiro atoms. The number of benzene rings is 2. The highest BCUT2D eigenvalue weighted by Gasteiger charge is 2.23. The second kappa shape index (κ2) is 7.54. The molecule has 4 N–H and O–H groups in total. The van der Waals surface area contributed by atoms with Gasteiger partial charge in [-0.3, -0.25) is 4.79 Å². The number of nitrogens with zero attached hydrogens (tertiary/aromatic N) is 2. The number of aryl methyl sites for hydroxylation is 2. The maximum atomic E-state index is 12.4. The van der Waals surface area contributed by atoms with Crippen molar-refractivity contribution in [1.82, 2.24) is 9.97 Å². The van der Waals surface area contributed by atoms with Gasteiger partial charge in [0.15, 0.2) is 5.82 Å². The Labute approximate surface area is 169 Å². The van der Waals surface area contributed by atoms with Crippen molar-refractivity contribution >= 4 is 17.4 Å². The van der Waals surface area contributed by atoms with Crippen LogP contribution < -0.4 is 11.1 Å². The van der Waals surface area contributed by atoms with Crippen LogP contribution in [0.25, 0.3) is 22.5 Å². The van der Waals surface area contributed by atoms with Crippen molar-refractivity contribution in [2.45, 2.75) is 33.1 Å². The number of carbonyl (C=O) groups excluding carboxylic acids is 1. The average Bonchev–Trinajstić information content (AvgIpc) is 2.67. The Morgan fingerprint density at radius 3 is 2.59 bits per heavy atom. The highest BCUT2D eigenvalue weighted by Crippen LogP contribution is 2.36. The molecule has 2 aromatic carbocycles. The first-order chi connectivity index (χ1) is 13.9. The maximum Gasteiger partial charge on any atom is 0.225 e. The monoisotopic (exact) mass is 388 g/mol. The highest BCUT2D eigenvalue weighted by atomic mass is 16.3. The highest BCUT2D eigenvalue weighted by molar-refractivity contribution is 5.94. The number of anilines is 2. The van der Waals surface area contributed by atoms with E-state index in [2.05, 4.69) is 5.32 Å². The van der Waals surface area contributed by atoms with E-state index in [9.17, 15) is 9.90 Å². The Morgan fingerprint density at radius 1 is 1.10 bits per heavy atom. The smallest absolute Gasteiger partial charge is 0.225 e. The number of fused-ring (bicyclic) bond motifs is 3. The molecule has 0 bridgehead atoms. The summed E-state index contributed by atoms with van der Waals surface area (Å²) < 4.78 is 0. The van der Waals surface area contributed by atoms with Gasteiger partial charge >= 0.3 is 0 Å². The molecule has 148 valence electrons. The second-order valence-corrected chi connectivity index (χ2v) is 7.83. The third-order valence-electron chi connectivity index (χ3n) is 4.98. The summed E-state index contributed by atoms with van der Waals surface area (Å²) >= 11 is 0. The fourth-order valence-corrected chi connectivity index (χ4v) is 3.63. The number of rotatable bonds is 4. The minimum Gasteiger partial charge on any atom is -0.508 e. The molecule has 3 aromatic rings. The van der Waals surface area contributed by atoms with E-state index in [4.69, 9.17) is 15.7 Å². The minimum absolute atomic E-state index is 0.0849. The second-order valence-electron chi connectivity index (χ2n) is 7.83. The van der Waals surface area contributed by atoms with E-state index in [1.807, 2.05) is 32.0 Å². The number of phenols is 1. The molecular formula is C23H24N4O2. The van der Waals surface area contributed by atoms with Gasteiger partial charge in [-0.15, -0.1) is 0 Å². The number of hydrogen-bond acceptors (Lipinski definition) is 5.